The Bertz CT molecular complexity index is 482. The number of hydrogen-bond acceptors (Lipinski definition) is 3. The van der Waals surface area contributed by atoms with Crippen LogP contribution in [0.1, 0.15) is 24.6 Å². The van der Waals surface area contributed by atoms with E-state index in [1.54, 1.807) is 0 Å². The zero-order valence-electron chi connectivity index (χ0n) is 11.9. The molecule has 2 rings (SSSR count). The fraction of sp³-hybridized carbons (Fsp3) is 0.353. The summed E-state index contributed by atoms with van der Waals surface area (Å²) in [5.74, 6) is 0.909. The van der Waals surface area contributed by atoms with Gasteiger partial charge in [-0.1, -0.05) is 18.2 Å². The van der Waals surface area contributed by atoms with Crippen molar-refractivity contribution in [3.8, 4) is 5.75 Å². The van der Waals surface area contributed by atoms with Crippen molar-refractivity contribution in [1.82, 2.24) is 4.98 Å². The fourth-order valence-electron chi connectivity index (χ4n) is 1.94. The van der Waals surface area contributed by atoms with Crippen molar-refractivity contribution in [1.29, 1.82) is 0 Å². The van der Waals surface area contributed by atoms with Gasteiger partial charge in [0.15, 0.2) is 0 Å². The van der Waals surface area contributed by atoms with Gasteiger partial charge in [-0.15, -0.1) is 0 Å². The highest BCUT2D eigenvalue weighted by atomic mass is 16.5. The minimum absolute atomic E-state index is 0.647. The molecule has 0 atom stereocenters. The molecule has 0 saturated carbocycles. The maximum absolute atomic E-state index is 5.67. The summed E-state index contributed by atoms with van der Waals surface area (Å²) in [7, 11) is 0. The molecule has 0 amide bonds. The number of aryl methyl sites for hydroxylation is 1. The van der Waals surface area contributed by atoms with Gasteiger partial charge in [-0.2, -0.15) is 0 Å². The molecule has 0 aliphatic heterocycles. The van der Waals surface area contributed by atoms with Crippen LogP contribution < -0.4 is 4.74 Å². The molecule has 20 heavy (non-hydrogen) atoms. The number of benzene rings is 1. The van der Waals surface area contributed by atoms with Crippen molar-refractivity contribution in [3.05, 3.63) is 59.9 Å². The van der Waals surface area contributed by atoms with Gasteiger partial charge in [0.25, 0.3) is 0 Å². The summed E-state index contributed by atoms with van der Waals surface area (Å²) in [5, 5.41) is 0. The van der Waals surface area contributed by atoms with Crippen molar-refractivity contribution in [2.24, 2.45) is 0 Å². The van der Waals surface area contributed by atoms with Gasteiger partial charge in [0.2, 0.25) is 0 Å². The van der Waals surface area contributed by atoms with Crippen LogP contribution >= 0.6 is 0 Å². The van der Waals surface area contributed by atoms with Gasteiger partial charge in [-0.25, -0.2) is 0 Å². The van der Waals surface area contributed by atoms with Crippen LogP contribution in [0.5, 0.6) is 5.75 Å². The average Bonchev–Trinajstić information content (AvgIpc) is 2.50. The first-order valence-corrected chi connectivity index (χ1v) is 7.08. The van der Waals surface area contributed by atoms with Gasteiger partial charge in [0, 0.05) is 18.5 Å². The molecule has 1 aromatic carbocycles. The number of pyridine rings is 1. The van der Waals surface area contributed by atoms with Gasteiger partial charge in [-0.3, -0.25) is 4.98 Å². The van der Waals surface area contributed by atoms with Crippen LogP contribution in [-0.2, 0) is 17.8 Å². The van der Waals surface area contributed by atoms with Crippen molar-refractivity contribution in [2.75, 3.05) is 13.2 Å². The summed E-state index contributed by atoms with van der Waals surface area (Å²) in [4.78, 5) is 4.29. The lowest BCUT2D eigenvalue weighted by Gasteiger charge is -2.06. The smallest absolute Gasteiger partial charge is 0.119 e. The van der Waals surface area contributed by atoms with E-state index >= 15 is 0 Å². The minimum Gasteiger partial charge on any atom is -0.494 e. The molecule has 0 N–H and O–H groups in total. The summed E-state index contributed by atoms with van der Waals surface area (Å²) in [6, 6.07) is 14.1. The Labute approximate surface area is 120 Å². The van der Waals surface area contributed by atoms with Crippen LogP contribution in [0.25, 0.3) is 0 Å². The van der Waals surface area contributed by atoms with Crippen LogP contribution in [0.4, 0.5) is 0 Å². The number of nitrogens with zero attached hydrogens (tertiary/aromatic N) is 1. The lowest BCUT2D eigenvalue weighted by Crippen LogP contribution is -1.99. The zero-order chi connectivity index (χ0) is 14.0. The number of aromatic nitrogens is 1. The average molecular weight is 271 g/mol. The molecular formula is C17H21NO2. The molecule has 3 nitrogen and oxygen atoms in total. The highest BCUT2D eigenvalue weighted by Gasteiger charge is 1.97. The van der Waals surface area contributed by atoms with Crippen molar-refractivity contribution < 1.29 is 9.47 Å². The number of rotatable bonds is 8. The minimum atomic E-state index is 0.647. The van der Waals surface area contributed by atoms with Gasteiger partial charge in [-0.05, 0) is 49.6 Å². The van der Waals surface area contributed by atoms with E-state index in [4.69, 9.17) is 9.47 Å². The maximum Gasteiger partial charge on any atom is 0.119 e. The third-order valence-corrected chi connectivity index (χ3v) is 2.95. The Kier molecular flexibility index (Phi) is 6.06. The fourth-order valence-corrected chi connectivity index (χ4v) is 1.94. The molecule has 106 valence electrons. The molecule has 0 radical (unpaired) electrons. The molecule has 1 heterocycles. The number of hydrogen-bond donors (Lipinski definition) is 0. The molecule has 0 fully saturated rings. The van der Waals surface area contributed by atoms with Crippen LogP contribution in [-0.4, -0.2) is 18.2 Å². The SMILES string of the molecule is CCOc1ccc(COCCCc2ccccn2)cc1. The Morgan fingerprint density at radius 3 is 2.60 bits per heavy atom. The molecule has 0 aliphatic carbocycles. The molecule has 0 aliphatic rings. The zero-order valence-corrected chi connectivity index (χ0v) is 11.9. The standard InChI is InChI=1S/C17H21NO2/c1-2-20-17-10-8-15(9-11-17)14-19-13-5-7-16-6-3-4-12-18-16/h3-4,6,8-12H,2,5,7,13-14H2,1H3. The van der Waals surface area contributed by atoms with E-state index in [9.17, 15) is 0 Å². The van der Waals surface area contributed by atoms with Gasteiger partial charge in [0.05, 0.1) is 13.2 Å². The van der Waals surface area contributed by atoms with Gasteiger partial charge < -0.3 is 9.47 Å². The van der Waals surface area contributed by atoms with Gasteiger partial charge >= 0.3 is 0 Å². The van der Waals surface area contributed by atoms with Crippen LogP contribution in [0.3, 0.4) is 0 Å². The summed E-state index contributed by atoms with van der Waals surface area (Å²) >= 11 is 0. The Morgan fingerprint density at radius 1 is 1.05 bits per heavy atom. The van der Waals surface area contributed by atoms with Gasteiger partial charge in [0.1, 0.15) is 5.75 Å². The molecule has 0 saturated heterocycles. The first kappa shape index (κ1) is 14.5. The van der Waals surface area contributed by atoms with Crippen molar-refractivity contribution in [3.63, 3.8) is 0 Å². The predicted octanol–water partition coefficient (Wildman–Crippen LogP) is 3.63. The first-order valence-electron chi connectivity index (χ1n) is 7.08. The van der Waals surface area contributed by atoms with E-state index < -0.39 is 0 Å². The molecule has 0 unspecified atom stereocenters. The second-order valence-corrected chi connectivity index (χ2v) is 4.55. The second kappa shape index (κ2) is 8.33. The molecule has 0 spiro atoms. The molecule has 0 bridgehead atoms. The summed E-state index contributed by atoms with van der Waals surface area (Å²) in [5.41, 5.74) is 2.29. The lowest BCUT2D eigenvalue weighted by atomic mass is 10.2. The highest BCUT2D eigenvalue weighted by Crippen LogP contribution is 2.12. The number of ether oxygens (including phenoxy) is 2. The predicted molar refractivity (Wildman–Crippen MR) is 79.8 cm³/mol. The molecule has 2 aromatic rings. The van der Waals surface area contributed by atoms with Crippen molar-refractivity contribution in [2.45, 2.75) is 26.4 Å². The highest BCUT2D eigenvalue weighted by molar-refractivity contribution is 5.26. The summed E-state index contributed by atoms with van der Waals surface area (Å²) in [6.45, 7) is 4.08. The second-order valence-electron chi connectivity index (χ2n) is 4.55. The maximum atomic E-state index is 5.67. The quantitative estimate of drug-likeness (QED) is 0.687. The summed E-state index contributed by atoms with van der Waals surface area (Å²) in [6.07, 6.45) is 3.79. The van der Waals surface area contributed by atoms with Crippen molar-refractivity contribution >= 4 is 0 Å². The van der Waals surface area contributed by atoms with E-state index in [0.29, 0.717) is 13.2 Å². The molecule has 3 heteroatoms. The Balaban J connectivity index is 1.63. The third-order valence-electron chi connectivity index (χ3n) is 2.95. The van der Waals surface area contributed by atoms with E-state index in [2.05, 4.69) is 4.98 Å². The first-order chi connectivity index (χ1) is 9.88. The van der Waals surface area contributed by atoms with Crippen LogP contribution in [0.15, 0.2) is 48.7 Å². The Morgan fingerprint density at radius 2 is 1.90 bits per heavy atom. The normalized spacial score (nSPS) is 10.4. The molecule has 1 aromatic heterocycles. The molecular weight excluding hydrogens is 250 g/mol. The van der Waals surface area contributed by atoms with E-state index in [-0.39, 0.29) is 0 Å². The lowest BCUT2D eigenvalue weighted by molar-refractivity contribution is 0.118. The largest absolute Gasteiger partial charge is 0.494 e. The van der Waals surface area contributed by atoms with Crippen LogP contribution in [0, 0.1) is 0 Å². The van der Waals surface area contributed by atoms with E-state index in [1.165, 1.54) is 5.56 Å². The third kappa shape index (κ3) is 5.02. The summed E-state index contributed by atoms with van der Waals surface area (Å²) < 4.78 is 11.1. The van der Waals surface area contributed by atoms with E-state index in [0.717, 1.165) is 30.9 Å². The Hall–Kier alpha value is -1.87. The van der Waals surface area contributed by atoms with E-state index in [1.807, 2.05) is 55.6 Å². The topological polar surface area (TPSA) is 31.4 Å². The van der Waals surface area contributed by atoms with Crippen LogP contribution in [0.2, 0.25) is 0 Å². The monoisotopic (exact) mass is 271 g/mol.